The number of nitrogens with zero attached hydrogens (tertiary/aromatic N) is 5. The normalized spacial score (nSPS) is 10.7. The number of amides is 1. The van der Waals surface area contributed by atoms with Crippen LogP contribution >= 0.6 is 0 Å². The van der Waals surface area contributed by atoms with E-state index in [1.807, 2.05) is 0 Å². The summed E-state index contributed by atoms with van der Waals surface area (Å²) < 4.78 is 23.8. The summed E-state index contributed by atoms with van der Waals surface area (Å²) in [6.07, 6.45) is 7.41. The molecule has 0 aliphatic carbocycles. The van der Waals surface area contributed by atoms with Crippen molar-refractivity contribution in [2.24, 2.45) is 0 Å². The maximum absolute atomic E-state index is 13.0. The Morgan fingerprint density at radius 1 is 1.00 bits per heavy atom. The molecule has 0 unspecified atom stereocenters. The van der Waals surface area contributed by atoms with Gasteiger partial charge in [-0.1, -0.05) is 0 Å². The number of carbonyl (C=O) groups is 1. The Kier molecular flexibility index (Phi) is 7.03. The van der Waals surface area contributed by atoms with Crippen LogP contribution in [0.1, 0.15) is 17.4 Å². The number of nitrogens with one attached hydrogen (secondary N) is 2. The third-order valence-electron chi connectivity index (χ3n) is 5.53. The number of hydrogen-bond donors (Lipinski definition) is 2. The molecule has 0 atom stereocenters. The summed E-state index contributed by atoms with van der Waals surface area (Å²) in [6, 6.07) is 8.56. The predicted octanol–water partition coefficient (Wildman–Crippen LogP) is 3.36. The Hall–Kier alpha value is -5.46. The molecule has 198 valence electrons. The monoisotopic (exact) mass is 529 g/mol. The van der Waals surface area contributed by atoms with Gasteiger partial charge in [0.05, 0.1) is 50.6 Å². The van der Waals surface area contributed by atoms with Crippen LogP contribution in [0, 0.1) is 0 Å². The number of methoxy groups -OCH3 is 2. The van der Waals surface area contributed by atoms with Crippen LogP contribution in [0.25, 0.3) is 16.6 Å². The van der Waals surface area contributed by atoms with E-state index in [2.05, 4.69) is 30.4 Å². The molecule has 0 bridgehead atoms. The number of rotatable bonds is 9. The number of benzene rings is 1. The molecular formula is C26H23N7O6. The van der Waals surface area contributed by atoms with Crippen molar-refractivity contribution < 1.29 is 23.7 Å². The average molecular weight is 530 g/mol. The molecule has 13 heteroatoms. The highest BCUT2D eigenvalue weighted by Gasteiger charge is 2.20. The molecule has 0 saturated carbocycles. The Labute approximate surface area is 221 Å². The van der Waals surface area contributed by atoms with Crippen LogP contribution in [0.5, 0.6) is 28.7 Å². The topological polar surface area (TPSA) is 155 Å². The van der Waals surface area contributed by atoms with Crippen molar-refractivity contribution in [3.05, 3.63) is 77.5 Å². The lowest BCUT2D eigenvalue weighted by molar-refractivity contribution is 0.101. The van der Waals surface area contributed by atoms with E-state index in [-0.39, 0.29) is 17.3 Å². The number of fused-ring (bicyclic) bond motifs is 1. The molecule has 1 aromatic carbocycles. The predicted molar refractivity (Wildman–Crippen MR) is 140 cm³/mol. The Balaban J connectivity index is 1.34. The SMILES string of the molecule is CCOc1cn(-c2cnc(=O)[nH]c2)nc1C(=O)Nc1ccc(Oc2ccnc3cc(OC)c(OC)cc23)cn1. The van der Waals surface area contributed by atoms with Crippen molar-refractivity contribution in [3.63, 3.8) is 0 Å². The molecule has 13 nitrogen and oxygen atoms in total. The van der Waals surface area contributed by atoms with Crippen LogP contribution in [0.4, 0.5) is 5.82 Å². The number of aromatic nitrogens is 6. The second-order valence-electron chi connectivity index (χ2n) is 7.97. The molecule has 4 aromatic heterocycles. The van der Waals surface area contributed by atoms with Crippen LogP contribution in [0.3, 0.4) is 0 Å². The molecule has 1 amide bonds. The van der Waals surface area contributed by atoms with Crippen molar-refractivity contribution in [1.82, 2.24) is 29.7 Å². The summed E-state index contributed by atoms with van der Waals surface area (Å²) in [6.45, 7) is 2.11. The standard InChI is InChI=1S/C26H23N7O6/c1-4-38-22-14-33(15-11-29-26(35)30-12-15)32-24(22)25(34)31-23-6-5-16(13-28-23)39-19-7-8-27-18-10-21(37-3)20(36-2)9-17(18)19/h5-14H,4H2,1-3H3,(H,28,31,34)(H,29,30,35). The average Bonchev–Trinajstić information content (AvgIpc) is 3.38. The van der Waals surface area contributed by atoms with Crippen molar-refractivity contribution in [2.75, 3.05) is 26.1 Å². The number of hydrogen-bond acceptors (Lipinski definition) is 10. The van der Waals surface area contributed by atoms with Gasteiger partial charge in [0.1, 0.15) is 17.3 Å². The fraction of sp³-hybridized carbons (Fsp3) is 0.154. The smallest absolute Gasteiger partial charge is 0.345 e. The van der Waals surface area contributed by atoms with E-state index in [0.717, 1.165) is 5.39 Å². The quantitative estimate of drug-likeness (QED) is 0.290. The largest absolute Gasteiger partial charge is 0.493 e. The Morgan fingerprint density at radius 2 is 1.82 bits per heavy atom. The van der Waals surface area contributed by atoms with Crippen LogP contribution in [0.2, 0.25) is 0 Å². The van der Waals surface area contributed by atoms with Gasteiger partial charge in [-0.2, -0.15) is 10.1 Å². The summed E-state index contributed by atoms with van der Waals surface area (Å²) in [7, 11) is 3.11. The van der Waals surface area contributed by atoms with E-state index in [9.17, 15) is 9.59 Å². The Bertz CT molecular complexity index is 1680. The summed E-state index contributed by atoms with van der Waals surface area (Å²) in [4.78, 5) is 39.1. The molecule has 0 saturated heterocycles. The lowest BCUT2D eigenvalue weighted by Gasteiger charge is -2.12. The maximum Gasteiger partial charge on any atom is 0.345 e. The van der Waals surface area contributed by atoms with Crippen LogP contribution in [-0.4, -0.2) is 56.5 Å². The van der Waals surface area contributed by atoms with Gasteiger partial charge in [0, 0.05) is 23.8 Å². The molecule has 5 rings (SSSR count). The van der Waals surface area contributed by atoms with Gasteiger partial charge in [0.2, 0.25) is 0 Å². The van der Waals surface area contributed by atoms with Crippen molar-refractivity contribution in [2.45, 2.75) is 6.92 Å². The number of pyridine rings is 2. The Morgan fingerprint density at radius 3 is 2.51 bits per heavy atom. The maximum atomic E-state index is 13.0. The van der Waals surface area contributed by atoms with E-state index in [4.69, 9.17) is 18.9 Å². The van der Waals surface area contributed by atoms with Gasteiger partial charge in [0.15, 0.2) is 22.9 Å². The third kappa shape index (κ3) is 5.32. The van der Waals surface area contributed by atoms with Crippen molar-refractivity contribution >= 4 is 22.6 Å². The number of anilines is 1. The third-order valence-corrected chi connectivity index (χ3v) is 5.53. The highest BCUT2D eigenvalue weighted by atomic mass is 16.5. The van der Waals surface area contributed by atoms with Gasteiger partial charge >= 0.3 is 5.69 Å². The first-order chi connectivity index (χ1) is 19.0. The van der Waals surface area contributed by atoms with E-state index in [1.165, 1.54) is 29.5 Å². The first-order valence-electron chi connectivity index (χ1n) is 11.7. The van der Waals surface area contributed by atoms with Crippen LogP contribution < -0.4 is 30.0 Å². The first kappa shape index (κ1) is 25.2. The van der Waals surface area contributed by atoms with Crippen LogP contribution in [0.15, 0.2) is 66.1 Å². The zero-order valence-electron chi connectivity index (χ0n) is 21.2. The highest BCUT2D eigenvalue weighted by Crippen LogP contribution is 2.36. The molecule has 0 aliphatic heterocycles. The first-order valence-corrected chi connectivity index (χ1v) is 11.7. The molecule has 0 fully saturated rings. The fourth-order valence-corrected chi connectivity index (χ4v) is 3.72. The summed E-state index contributed by atoms with van der Waals surface area (Å²) in [5.41, 5.74) is 0.667. The van der Waals surface area contributed by atoms with E-state index < -0.39 is 11.6 Å². The van der Waals surface area contributed by atoms with Gasteiger partial charge < -0.3 is 29.2 Å². The molecular weight excluding hydrogens is 506 g/mol. The summed E-state index contributed by atoms with van der Waals surface area (Å²) in [5.74, 6) is 2.10. The van der Waals surface area contributed by atoms with Crippen LogP contribution in [-0.2, 0) is 0 Å². The zero-order chi connectivity index (χ0) is 27.4. The second-order valence-corrected chi connectivity index (χ2v) is 7.97. The van der Waals surface area contributed by atoms with Gasteiger partial charge in [-0.3, -0.25) is 9.78 Å². The minimum absolute atomic E-state index is 0.0396. The van der Waals surface area contributed by atoms with Gasteiger partial charge in [-0.15, -0.1) is 0 Å². The molecule has 5 aromatic rings. The lowest BCUT2D eigenvalue weighted by Crippen LogP contribution is -2.15. The van der Waals surface area contributed by atoms with Gasteiger partial charge in [-0.25, -0.2) is 14.5 Å². The molecule has 0 aliphatic rings. The number of aromatic amines is 1. The van der Waals surface area contributed by atoms with E-state index in [1.54, 1.807) is 57.7 Å². The fourth-order valence-electron chi connectivity index (χ4n) is 3.72. The van der Waals surface area contributed by atoms with E-state index in [0.29, 0.717) is 40.8 Å². The number of H-pyrrole nitrogens is 1. The van der Waals surface area contributed by atoms with Gasteiger partial charge in [-0.05, 0) is 31.2 Å². The van der Waals surface area contributed by atoms with Crippen molar-refractivity contribution in [3.8, 4) is 34.4 Å². The summed E-state index contributed by atoms with van der Waals surface area (Å²) in [5, 5.41) is 7.72. The molecule has 4 heterocycles. The van der Waals surface area contributed by atoms with E-state index >= 15 is 0 Å². The molecule has 39 heavy (non-hydrogen) atoms. The zero-order valence-corrected chi connectivity index (χ0v) is 21.2. The van der Waals surface area contributed by atoms with Gasteiger partial charge in [0.25, 0.3) is 5.91 Å². The second kappa shape index (κ2) is 10.9. The summed E-state index contributed by atoms with van der Waals surface area (Å²) >= 11 is 0. The minimum atomic E-state index is -0.531. The number of carbonyl (C=O) groups excluding carboxylic acids is 1. The number of ether oxygens (including phenoxy) is 4. The highest BCUT2D eigenvalue weighted by molar-refractivity contribution is 6.04. The molecule has 0 spiro atoms. The molecule has 0 radical (unpaired) electrons. The molecule has 2 N–H and O–H groups in total. The van der Waals surface area contributed by atoms with Crippen molar-refractivity contribution in [1.29, 1.82) is 0 Å². The minimum Gasteiger partial charge on any atom is -0.493 e. The lowest BCUT2D eigenvalue weighted by atomic mass is 10.2.